The van der Waals surface area contributed by atoms with Gasteiger partial charge in [0.2, 0.25) is 5.91 Å². The topological polar surface area (TPSA) is 72.3 Å². The van der Waals surface area contributed by atoms with Gasteiger partial charge in [0.25, 0.3) is 0 Å². The molecule has 1 unspecified atom stereocenters. The van der Waals surface area contributed by atoms with Crippen LogP contribution in [0.4, 0.5) is 0 Å². The zero-order valence-corrected chi connectivity index (χ0v) is 17.8. The van der Waals surface area contributed by atoms with Crippen LogP contribution in [0.1, 0.15) is 18.4 Å². The number of amides is 1. The summed E-state index contributed by atoms with van der Waals surface area (Å²) in [4.78, 5) is 15.4. The number of benzene rings is 1. The summed E-state index contributed by atoms with van der Waals surface area (Å²) < 4.78 is 25.2. The highest BCUT2D eigenvalue weighted by Crippen LogP contribution is 2.29. The van der Waals surface area contributed by atoms with Gasteiger partial charge >= 0.3 is 0 Å². The van der Waals surface area contributed by atoms with Crippen LogP contribution in [0, 0.1) is 5.92 Å². The fraction of sp³-hybridized carbons (Fsp3) is 0.333. The second-order valence-electron chi connectivity index (χ2n) is 7.48. The molecular weight excluding hydrogens is 406 g/mol. The van der Waals surface area contributed by atoms with Gasteiger partial charge in [0.05, 0.1) is 22.1 Å². The van der Waals surface area contributed by atoms with Crippen molar-refractivity contribution < 1.29 is 13.2 Å². The molecular formula is C21H23N3O3S2. The van der Waals surface area contributed by atoms with E-state index in [4.69, 9.17) is 5.10 Å². The highest BCUT2D eigenvalue weighted by Gasteiger charge is 2.30. The maximum Gasteiger partial charge on any atom is 0.222 e. The lowest BCUT2D eigenvalue weighted by atomic mass is 10.0. The number of rotatable bonds is 6. The Balaban J connectivity index is 1.54. The molecule has 8 heteroatoms. The number of hydrogen-bond acceptors (Lipinski definition) is 5. The second kappa shape index (κ2) is 8.12. The van der Waals surface area contributed by atoms with Crippen LogP contribution >= 0.6 is 11.3 Å². The van der Waals surface area contributed by atoms with E-state index in [1.54, 1.807) is 23.3 Å². The molecule has 1 amide bonds. The van der Waals surface area contributed by atoms with Crippen molar-refractivity contribution in [3.8, 4) is 16.3 Å². The summed E-state index contributed by atoms with van der Waals surface area (Å²) in [5, 5.41) is 6.78. The summed E-state index contributed by atoms with van der Waals surface area (Å²) in [5.74, 6) is 0.218. The zero-order valence-electron chi connectivity index (χ0n) is 16.2. The molecule has 1 aromatic carbocycles. The van der Waals surface area contributed by atoms with Gasteiger partial charge < -0.3 is 4.90 Å². The van der Waals surface area contributed by atoms with E-state index in [-0.39, 0.29) is 29.8 Å². The Morgan fingerprint density at radius 1 is 1.24 bits per heavy atom. The third-order valence-corrected chi connectivity index (χ3v) is 7.90. The first kappa shape index (κ1) is 19.8. The van der Waals surface area contributed by atoms with Gasteiger partial charge in [0.15, 0.2) is 9.84 Å². The fourth-order valence-corrected chi connectivity index (χ4v) is 6.24. The van der Waals surface area contributed by atoms with Gasteiger partial charge in [-0.2, -0.15) is 5.10 Å². The number of carbonyl (C=O) groups is 1. The van der Waals surface area contributed by atoms with Crippen molar-refractivity contribution in [1.82, 2.24) is 14.7 Å². The molecule has 3 heterocycles. The standard InChI is InChI=1S/C21H23N3O3S2/c1-23(20(25)12-16-9-11-29(26,27)15-16)13-17-14-24(18-6-3-2-4-7-18)22-21(17)19-8-5-10-28-19/h2-8,10,14,16H,9,11-13,15H2,1H3. The van der Waals surface area contributed by atoms with Crippen LogP contribution in [-0.2, 0) is 21.2 Å². The molecule has 0 saturated carbocycles. The third kappa shape index (κ3) is 4.59. The molecule has 0 radical (unpaired) electrons. The molecule has 1 fully saturated rings. The van der Waals surface area contributed by atoms with E-state index in [1.807, 2.05) is 58.7 Å². The monoisotopic (exact) mass is 429 g/mol. The molecule has 0 aliphatic carbocycles. The van der Waals surface area contributed by atoms with Gasteiger partial charge in [0.1, 0.15) is 5.69 Å². The number of aromatic nitrogens is 2. The lowest BCUT2D eigenvalue weighted by molar-refractivity contribution is -0.131. The van der Waals surface area contributed by atoms with Crippen LogP contribution in [0.5, 0.6) is 0 Å². The van der Waals surface area contributed by atoms with Crippen molar-refractivity contribution in [2.24, 2.45) is 5.92 Å². The van der Waals surface area contributed by atoms with Gasteiger partial charge in [-0.05, 0) is 35.9 Å². The molecule has 4 rings (SSSR count). The minimum atomic E-state index is -2.97. The van der Waals surface area contributed by atoms with Crippen molar-refractivity contribution >= 4 is 27.1 Å². The van der Waals surface area contributed by atoms with E-state index in [1.165, 1.54) is 0 Å². The summed E-state index contributed by atoms with van der Waals surface area (Å²) in [6.45, 7) is 0.429. The average Bonchev–Trinajstić information content (AvgIpc) is 3.42. The largest absolute Gasteiger partial charge is 0.341 e. The molecule has 2 aromatic heterocycles. The van der Waals surface area contributed by atoms with E-state index in [2.05, 4.69) is 0 Å². The molecule has 1 atom stereocenters. The molecule has 152 valence electrons. The number of para-hydroxylation sites is 1. The van der Waals surface area contributed by atoms with Crippen molar-refractivity contribution in [3.63, 3.8) is 0 Å². The summed E-state index contributed by atoms with van der Waals surface area (Å²) in [6, 6.07) is 13.9. The maximum absolute atomic E-state index is 12.7. The van der Waals surface area contributed by atoms with Crippen LogP contribution in [0.15, 0.2) is 54.0 Å². The highest BCUT2D eigenvalue weighted by atomic mass is 32.2. The van der Waals surface area contributed by atoms with Gasteiger partial charge in [-0.1, -0.05) is 24.3 Å². The predicted octanol–water partition coefficient (Wildman–Crippen LogP) is 3.38. The molecule has 3 aromatic rings. The Kier molecular flexibility index (Phi) is 5.56. The third-order valence-electron chi connectivity index (χ3n) is 5.19. The molecule has 1 aliphatic rings. The van der Waals surface area contributed by atoms with Crippen molar-refractivity contribution in [1.29, 1.82) is 0 Å². The second-order valence-corrected chi connectivity index (χ2v) is 10.7. The fourth-order valence-electron chi connectivity index (χ4n) is 3.64. The van der Waals surface area contributed by atoms with Crippen LogP contribution < -0.4 is 0 Å². The van der Waals surface area contributed by atoms with Gasteiger partial charge in [-0.3, -0.25) is 4.79 Å². The average molecular weight is 430 g/mol. The first-order valence-corrected chi connectivity index (χ1v) is 12.2. The minimum Gasteiger partial charge on any atom is -0.341 e. The van der Waals surface area contributed by atoms with Crippen molar-refractivity contribution in [2.75, 3.05) is 18.6 Å². The lowest BCUT2D eigenvalue weighted by Gasteiger charge is -2.18. The van der Waals surface area contributed by atoms with Crippen molar-refractivity contribution in [3.05, 3.63) is 59.6 Å². The van der Waals surface area contributed by atoms with Gasteiger partial charge in [-0.25, -0.2) is 13.1 Å². The van der Waals surface area contributed by atoms with E-state index >= 15 is 0 Å². The Labute approximate surface area is 174 Å². The molecule has 29 heavy (non-hydrogen) atoms. The maximum atomic E-state index is 12.7. The lowest BCUT2D eigenvalue weighted by Crippen LogP contribution is -2.28. The molecule has 0 N–H and O–H groups in total. The number of nitrogens with zero attached hydrogens (tertiary/aromatic N) is 3. The normalized spacial score (nSPS) is 18.0. The van der Waals surface area contributed by atoms with Crippen LogP contribution in [0.3, 0.4) is 0 Å². The summed E-state index contributed by atoms with van der Waals surface area (Å²) >= 11 is 1.61. The quantitative estimate of drug-likeness (QED) is 0.602. The predicted molar refractivity (Wildman–Crippen MR) is 115 cm³/mol. The summed E-state index contributed by atoms with van der Waals surface area (Å²) in [5.41, 5.74) is 2.79. The SMILES string of the molecule is CN(Cc1cn(-c2ccccc2)nc1-c1cccs1)C(=O)CC1CCS(=O)(=O)C1. The van der Waals surface area contributed by atoms with Crippen molar-refractivity contribution in [2.45, 2.75) is 19.4 Å². The minimum absolute atomic E-state index is 0.0308. The number of hydrogen-bond donors (Lipinski definition) is 0. The Hall–Kier alpha value is -2.45. The van der Waals surface area contributed by atoms with Gasteiger partial charge in [-0.15, -0.1) is 11.3 Å². The van der Waals surface area contributed by atoms with Crippen LogP contribution in [0.2, 0.25) is 0 Å². The Morgan fingerprint density at radius 2 is 2.03 bits per heavy atom. The number of sulfone groups is 1. The van der Waals surface area contributed by atoms with E-state index in [0.717, 1.165) is 21.8 Å². The number of thiophene rings is 1. The highest BCUT2D eigenvalue weighted by molar-refractivity contribution is 7.91. The van der Waals surface area contributed by atoms with E-state index in [0.29, 0.717) is 13.0 Å². The van der Waals surface area contributed by atoms with Gasteiger partial charge in [0, 0.05) is 31.8 Å². The first-order chi connectivity index (χ1) is 13.9. The van der Waals surface area contributed by atoms with E-state index in [9.17, 15) is 13.2 Å². The van der Waals surface area contributed by atoms with E-state index < -0.39 is 9.84 Å². The molecule has 1 aliphatic heterocycles. The zero-order chi connectivity index (χ0) is 20.4. The summed E-state index contributed by atoms with van der Waals surface area (Å²) in [6.07, 6.45) is 2.82. The Morgan fingerprint density at radius 3 is 2.69 bits per heavy atom. The first-order valence-electron chi connectivity index (χ1n) is 9.53. The molecule has 0 spiro atoms. The molecule has 0 bridgehead atoms. The van der Waals surface area contributed by atoms with Crippen LogP contribution in [0.25, 0.3) is 16.3 Å². The molecule has 1 saturated heterocycles. The van der Waals surface area contributed by atoms with Crippen LogP contribution in [-0.4, -0.2) is 47.6 Å². The number of carbonyl (C=O) groups excluding carboxylic acids is 1. The smallest absolute Gasteiger partial charge is 0.222 e. The molecule has 6 nitrogen and oxygen atoms in total. The Bertz CT molecular complexity index is 1090. The summed E-state index contributed by atoms with van der Waals surface area (Å²) in [7, 11) is -1.20.